The maximum absolute atomic E-state index is 13.0. The molecule has 0 aliphatic carbocycles. The standard InChI is InChI=1S/2C21H23NO4.C13H16BrNO4.C13H15NO4.C8H9ClO.C8H9NO3.C4H9Br.C2H6S.2CH2O3.CO2.4CH4.2Cs.2K.2H/c1-13(2)19-20(23)22(12-15-7-5-14(3)6-8-15)17-11-16(21(24)25-4)9-10-18(17)26-19;1-13(2)20-21(25)22(11-15-6-4-14(3)5-7-15)17-10-16(18(24)12-23)8-9-19(17)26-20;1-7(2)11(14)12(17)15-9-6-8(13(18)19-3)4-5-10(9)16;1-7(2)11-12(15)14-9-6-8(13(16)17-3)4-5-10(9)18-11;1-10-8-4-2-7(6-9)3-5-8;1-12-8(11)5-2-3-7(10)6(9)4-5;1-4(2)3-5;1-3-2;2*2-1-4-3;2-1-3;;;;;;;;;;/h5-11,13,19H,12H2,1-4H3;4-10,13,20,23H,11-12H2,1-3H3;4-7,11,16H,1-3H3,(H,15,17);4-7,11H,1-3H3,(H,14,15);2-5H,6H2,1H3;2-4,10H,9H2,1H3;4H,3H2,1-2H3;1-2H3;2*1,3H;;4*1H4;;;;;;/q;;;;;;;;;;;;;;;4*+1;2*-1/p-2/i;;;;;;;1D;;;;;;;;;;;;;. The number of nitrogens with zero attached hydrogens (tertiary/aromatic N) is 2. The third-order valence-electron chi connectivity index (χ3n) is 17.5. The van der Waals surface area contributed by atoms with Crippen LogP contribution >= 0.6 is 55.2 Å². The summed E-state index contributed by atoms with van der Waals surface area (Å²) in [6, 6.07) is 46.8. The van der Waals surface area contributed by atoms with E-state index in [1.165, 1.54) is 76.6 Å². The third kappa shape index (κ3) is 53.2. The van der Waals surface area contributed by atoms with Gasteiger partial charge in [0, 0.05) is 18.1 Å². The molecule has 0 fully saturated rings. The van der Waals surface area contributed by atoms with Gasteiger partial charge in [-0.3, -0.25) is 33.6 Å². The smallest absolute Gasteiger partial charge is 1.00 e. The fourth-order valence-electron chi connectivity index (χ4n) is 10.7. The van der Waals surface area contributed by atoms with Crippen LogP contribution in [0, 0.1) is 43.4 Å². The molecule has 8 aromatic rings. The van der Waals surface area contributed by atoms with Crippen molar-refractivity contribution >= 4 is 156 Å². The minimum Gasteiger partial charge on any atom is -1.00 e. The molecule has 0 saturated carbocycles. The van der Waals surface area contributed by atoms with Gasteiger partial charge in [-0.05, 0) is 176 Å². The summed E-state index contributed by atoms with van der Waals surface area (Å²) >= 11 is 13.7. The molecule has 3 heterocycles. The summed E-state index contributed by atoms with van der Waals surface area (Å²) in [4.78, 5) is 149. The van der Waals surface area contributed by atoms with Crippen LogP contribution in [-0.4, -0.2) is 171 Å². The van der Waals surface area contributed by atoms with Gasteiger partial charge in [-0.1, -0.05) is 203 Å². The van der Waals surface area contributed by atoms with Crippen LogP contribution in [0.2, 0.25) is 0 Å². The van der Waals surface area contributed by atoms with Crippen molar-refractivity contribution in [2.45, 2.75) is 155 Å². The van der Waals surface area contributed by atoms with Crippen LogP contribution < -0.4 is 296 Å². The Morgan fingerprint density at radius 2 is 0.906 bits per heavy atom. The van der Waals surface area contributed by atoms with Crippen LogP contribution in [0.25, 0.3) is 0 Å². The van der Waals surface area contributed by atoms with Crippen molar-refractivity contribution in [2.75, 3.05) is 86.1 Å². The molecule has 4 unspecified atom stereocenters. The molecule has 4 amide bonds. The molecular weight excluding hydrogens is 2250 g/mol. The number of aliphatic hydroxyl groups excluding tert-OH is 1. The number of halogens is 3. The Hall–Kier alpha value is -5.03. The number of ether oxygens (including phenoxy) is 8. The van der Waals surface area contributed by atoms with Gasteiger partial charge in [-0.25, -0.2) is 19.2 Å². The summed E-state index contributed by atoms with van der Waals surface area (Å²) in [5.74, 6) is 1.09. The van der Waals surface area contributed by atoms with Gasteiger partial charge in [-0.15, -0.1) is 11.6 Å². The molecule has 138 heavy (non-hydrogen) atoms. The molecular formula is C97H130Br2ClCs2K2N5O28S. The van der Waals surface area contributed by atoms with E-state index in [1.807, 2.05) is 148 Å². The van der Waals surface area contributed by atoms with Crippen molar-refractivity contribution in [1.29, 1.82) is 0 Å². The third-order valence-corrected chi connectivity index (χ3v) is 20.6. The van der Waals surface area contributed by atoms with Crippen LogP contribution in [0.3, 0.4) is 0 Å². The zero-order valence-corrected chi connectivity index (χ0v) is 103. The summed E-state index contributed by atoms with van der Waals surface area (Å²) in [6.07, 6.45) is 1.04. The van der Waals surface area contributed by atoms with Crippen LogP contribution in [-0.2, 0) is 86.0 Å². The Morgan fingerprint density at radius 3 is 1.24 bits per heavy atom. The minimum atomic E-state index is -0.569. The number of aromatic hydroxyl groups is 2. The number of ketones is 1. The number of fused-ring (bicyclic) bond motifs is 3. The number of esters is 4. The first-order valence-electron chi connectivity index (χ1n) is 40.1. The number of benzene rings is 8. The molecule has 33 nitrogen and oxygen atoms in total. The second-order valence-corrected chi connectivity index (χ2v) is 31.7. The average molecular weight is 2390 g/mol. The molecule has 0 radical (unpaired) electrons. The fraction of sp³-hybridized carbons (Fsp3) is 0.381. The summed E-state index contributed by atoms with van der Waals surface area (Å²) in [5, 5.41) is 51.1. The van der Waals surface area contributed by atoms with Gasteiger partial charge in [-0.2, -0.15) is 21.4 Å². The number of carbonyl (C=O) groups excluding carboxylic acids is 13. The maximum atomic E-state index is 13.0. The molecule has 7 N–H and O–H groups in total. The molecule has 41 heteroatoms. The van der Waals surface area contributed by atoms with E-state index >= 15 is 0 Å². The molecule has 0 spiro atoms. The van der Waals surface area contributed by atoms with Gasteiger partial charge in [0.05, 0.1) is 104 Å². The number of anilines is 5. The number of amides is 4. The van der Waals surface area contributed by atoms with Crippen molar-refractivity contribution in [3.63, 3.8) is 0 Å². The summed E-state index contributed by atoms with van der Waals surface area (Å²) in [6.45, 7) is 23.7. The Balaban J connectivity index is -0.000000176. The number of Topliss-reactive ketones (excluding diaryl/α,β-unsaturated/α-hetero) is 1. The molecule has 11 rings (SSSR count). The van der Waals surface area contributed by atoms with E-state index in [0.717, 1.165) is 44.8 Å². The normalized spacial score (nSPS) is 12.6. The molecule has 0 saturated heterocycles. The number of rotatable bonds is 21. The zero-order valence-electron chi connectivity index (χ0n) is 82.2. The summed E-state index contributed by atoms with van der Waals surface area (Å²) in [5.41, 5.74) is 14.5. The fourth-order valence-corrected chi connectivity index (χ4v) is 11.0. The average Bonchev–Trinajstić information content (AvgIpc) is 0.772. The van der Waals surface area contributed by atoms with Crippen molar-refractivity contribution in [1.82, 2.24) is 0 Å². The molecule has 3 aliphatic heterocycles. The van der Waals surface area contributed by atoms with Gasteiger partial charge in [0.25, 0.3) is 30.7 Å². The first-order valence-corrected chi connectivity index (χ1v) is 43.4. The van der Waals surface area contributed by atoms with Gasteiger partial charge in [0.15, 0.2) is 24.1 Å². The van der Waals surface area contributed by atoms with E-state index in [2.05, 4.69) is 80.3 Å². The molecule has 3 aliphatic rings. The maximum Gasteiger partial charge on any atom is 1.00 e. The number of nitrogen functional groups attached to an aromatic ring is 1. The number of nitrogens with one attached hydrogen (secondary N) is 2. The minimum absolute atomic E-state index is 0. The van der Waals surface area contributed by atoms with Crippen molar-refractivity contribution in [3.05, 3.63) is 219 Å². The van der Waals surface area contributed by atoms with Crippen LogP contribution in [0.4, 0.5) is 28.4 Å². The van der Waals surface area contributed by atoms with Gasteiger partial charge >= 0.3 is 271 Å². The molecule has 0 aromatic heterocycles. The van der Waals surface area contributed by atoms with E-state index in [9.17, 15) is 48.3 Å². The van der Waals surface area contributed by atoms with E-state index in [1.54, 1.807) is 71.5 Å². The van der Waals surface area contributed by atoms with Crippen LogP contribution in [0.15, 0.2) is 164 Å². The number of aliphatic hydroxyl groups is 1. The summed E-state index contributed by atoms with van der Waals surface area (Å²) in [7, 11) is 6.84. The Morgan fingerprint density at radius 1 is 0.572 bits per heavy atom. The number of methoxy groups -OCH3 is 5. The van der Waals surface area contributed by atoms with E-state index in [-0.39, 0.29) is 379 Å². The second kappa shape index (κ2) is 82.2. The number of hydrogen-bond acceptors (Lipinski definition) is 30. The Bertz CT molecular complexity index is 4860. The number of carbonyl (C=O) groups is 11. The van der Waals surface area contributed by atoms with Gasteiger partial charge in [0.2, 0.25) is 5.91 Å². The van der Waals surface area contributed by atoms with E-state index in [0.29, 0.717) is 81.8 Å². The van der Waals surface area contributed by atoms with Crippen LogP contribution in [0.1, 0.15) is 183 Å². The predicted molar refractivity (Wildman–Crippen MR) is 523 cm³/mol. The van der Waals surface area contributed by atoms with Crippen molar-refractivity contribution < 1.29 is 381 Å². The number of alkyl halides is 3. The number of phenolic OH excluding ortho intramolecular Hbond substituents is 2. The number of hydrogen-bond donors (Lipinski definition) is 6. The molecule has 8 aromatic carbocycles. The first-order chi connectivity index (χ1) is 62.1. The van der Waals surface area contributed by atoms with E-state index < -0.39 is 48.8 Å². The summed E-state index contributed by atoms with van der Waals surface area (Å²) < 4.78 is 47.3. The van der Waals surface area contributed by atoms with Gasteiger partial charge < -0.3 is 103 Å². The number of thioether (sulfide) groups is 1. The number of nitrogens with two attached hydrogens (primary N) is 1. The Kier molecular flexibility index (Phi) is 86.9. The Labute approximate surface area is 1040 Å². The van der Waals surface area contributed by atoms with E-state index in [4.69, 9.17) is 82.3 Å². The largest absolute Gasteiger partial charge is 1.00 e. The molecule has 742 valence electrons. The van der Waals surface area contributed by atoms with Gasteiger partial charge in [0.1, 0.15) is 41.1 Å². The molecule has 0 bridgehead atoms. The van der Waals surface area contributed by atoms with Crippen molar-refractivity contribution in [2.24, 2.45) is 29.6 Å². The first kappa shape index (κ1) is 146. The number of aryl methyl sites for hydroxylation is 2. The van der Waals surface area contributed by atoms with Crippen LogP contribution in [0.5, 0.6) is 34.5 Å². The quantitative estimate of drug-likeness (QED) is 0.00551. The topological polar surface area (TPSA) is 478 Å². The SMILES string of the molecule is C.C.C.C.CC(C)CBr.COC(=O)c1ccc(O)c(N)c1.COC(=O)c1ccc(O)c(NC(=O)C(Br)C(C)C)c1.COC(=O)c1ccc2c(c1)N(Cc1ccc(C)cc1)C(=O)C(C(C)C)O2.COC(=O)c1ccc2c(c1)NC(=O)C(C(C)C)O2.COc1ccc(CCl)cc1.Cc1ccc(CN2C(=O)C(C(C)C)Oc3ccc(C(=O)CO)cc32)cc1.O=C=O.O=CO[O-].O=CO[O-].[2H]CSC.[Cs+].[Cs+].[H-].[H-].[K+].[K+]. The van der Waals surface area contributed by atoms with Crippen molar-refractivity contribution in [3.8, 4) is 34.5 Å². The molecule has 4 atom stereocenters. The number of phenols is 2. The predicted octanol–water partition coefficient (Wildman–Crippen LogP) is 4.50. The monoisotopic (exact) mass is 2380 g/mol. The second-order valence-electron chi connectivity index (χ2n) is 29.2. The zero-order chi connectivity index (χ0) is 99.3.